The second-order valence-electron chi connectivity index (χ2n) is 7.96. The average Bonchev–Trinajstić information content (AvgIpc) is 2.91. The summed E-state index contributed by atoms with van der Waals surface area (Å²) in [6, 6.07) is 17.8. The quantitative estimate of drug-likeness (QED) is 0.192. The number of fused-ring (bicyclic) bond motifs is 1. The first-order valence-electron chi connectivity index (χ1n) is 11.6. The van der Waals surface area contributed by atoms with Gasteiger partial charge in [-0.1, -0.05) is 12.1 Å². The summed E-state index contributed by atoms with van der Waals surface area (Å²) in [5.74, 6) is 1.43. The van der Waals surface area contributed by atoms with Crippen LogP contribution in [-0.2, 0) is 9.47 Å². The Morgan fingerprint density at radius 2 is 1.54 bits per heavy atom. The molecule has 0 bridgehead atoms. The number of hydrogen-bond donors (Lipinski definition) is 3. The number of nitrogen functional groups attached to an aromatic ring is 1. The van der Waals surface area contributed by atoms with E-state index in [1.165, 1.54) is 6.33 Å². The van der Waals surface area contributed by atoms with E-state index in [2.05, 4.69) is 20.6 Å². The van der Waals surface area contributed by atoms with Gasteiger partial charge in [0, 0.05) is 36.9 Å². The number of benzene rings is 3. The zero-order valence-electron chi connectivity index (χ0n) is 20.7. The highest BCUT2D eigenvalue weighted by Crippen LogP contribution is 2.35. The summed E-state index contributed by atoms with van der Waals surface area (Å²) in [5, 5.41) is 6.86. The van der Waals surface area contributed by atoms with Crippen LogP contribution in [0.1, 0.15) is 10.4 Å². The summed E-state index contributed by atoms with van der Waals surface area (Å²) in [6.45, 7) is 1.61. The van der Waals surface area contributed by atoms with Crippen LogP contribution in [0.2, 0.25) is 0 Å². The van der Waals surface area contributed by atoms with Gasteiger partial charge in [0.05, 0.1) is 30.1 Å². The third kappa shape index (κ3) is 6.63. The van der Waals surface area contributed by atoms with E-state index < -0.39 is 0 Å². The summed E-state index contributed by atoms with van der Waals surface area (Å²) in [7, 11) is 3.23. The minimum atomic E-state index is -0.254. The summed E-state index contributed by atoms with van der Waals surface area (Å²) < 4.78 is 21.9. The van der Waals surface area contributed by atoms with Crippen molar-refractivity contribution in [2.24, 2.45) is 0 Å². The Morgan fingerprint density at radius 1 is 0.865 bits per heavy atom. The van der Waals surface area contributed by atoms with Crippen molar-refractivity contribution in [3.8, 4) is 11.5 Å². The number of anilines is 4. The number of aromatic nitrogens is 2. The van der Waals surface area contributed by atoms with Crippen molar-refractivity contribution in [1.82, 2.24) is 9.97 Å². The van der Waals surface area contributed by atoms with E-state index in [-0.39, 0.29) is 5.91 Å². The molecule has 0 atom stereocenters. The van der Waals surface area contributed by atoms with Gasteiger partial charge < -0.3 is 35.3 Å². The molecule has 37 heavy (non-hydrogen) atoms. The van der Waals surface area contributed by atoms with Crippen LogP contribution >= 0.6 is 0 Å². The second kappa shape index (κ2) is 12.5. The van der Waals surface area contributed by atoms with Crippen LogP contribution in [-0.4, -0.2) is 56.5 Å². The topological polar surface area (TPSA) is 130 Å². The Balaban J connectivity index is 1.54. The zero-order valence-corrected chi connectivity index (χ0v) is 20.7. The number of amides is 1. The minimum Gasteiger partial charge on any atom is -0.487 e. The van der Waals surface area contributed by atoms with E-state index in [0.717, 1.165) is 11.1 Å². The molecule has 0 aliphatic heterocycles. The highest BCUT2D eigenvalue weighted by molar-refractivity contribution is 6.06. The first-order chi connectivity index (χ1) is 18.1. The van der Waals surface area contributed by atoms with Gasteiger partial charge in [-0.15, -0.1) is 0 Å². The number of ether oxygens (including phenoxy) is 4. The van der Waals surface area contributed by atoms with Gasteiger partial charge in [-0.3, -0.25) is 4.79 Å². The van der Waals surface area contributed by atoms with E-state index in [4.69, 9.17) is 24.7 Å². The predicted octanol–water partition coefficient (Wildman–Crippen LogP) is 4.26. The lowest BCUT2D eigenvalue weighted by Gasteiger charge is -2.15. The second-order valence-corrected chi connectivity index (χ2v) is 7.96. The molecular formula is C27H29N5O5. The van der Waals surface area contributed by atoms with Crippen LogP contribution in [0.4, 0.5) is 22.9 Å². The highest BCUT2D eigenvalue weighted by atomic mass is 16.5. The van der Waals surface area contributed by atoms with Gasteiger partial charge in [0.2, 0.25) is 0 Å². The van der Waals surface area contributed by atoms with Crippen molar-refractivity contribution >= 4 is 39.7 Å². The van der Waals surface area contributed by atoms with Crippen molar-refractivity contribution < 1.29 is 23.7 Å². The SMILES string of the molecule is COCCOc1cc2ncnc(Nc3ccc(C(=O)Nc4ccccc4N)cc3)c2cc1OCCOC. The van der Waals surface area contributed by atoms with Crippen LogP contribution in [0.3, 0.4) is 0 Å². The Hall–Kier alpha value is -4.41. The molecule has 0 saturated heterocycles. The lowest BCUT2D eigenvalue weighted by molar-refractivity contribution is 0.102. The van der Waals surface area contributed by atoms with Gasteiger partial charge in [-0.2, -0.15) is 0 Å². The van der Waals surface area contributed by atoms with Gasteiger partial charge >= 0.3 is 0 Å². The van der Waals surface area contributed by atoms with E-state index in [9.17, 15) is 4.79 Å². The monoisotopic (exact) mass is 503 g/mol. The fraction of sp³-hybridized carbons (Fsp3) is 0.222. The Bertz CT molecular complexity index is 1350. The summed E-state index contributed by atoms with van der Waals surface area (Å²) in [5.41, 5.74) is 8.91. The van der Waals surface area contributed by atoms with Crippen LogP contribution < -0.4 is 25.8 Å². The molecule has 10 heteroatoms. The van der Waals surface area contributed by atoms with Crippen molar-refractivity contribution in [3.63, 3.8) is 0 Å². The molecule has 0 aliphatic carbocycles. The van der Waals surface area contributed by atoms with Gasteiger partial charge in [-0.05, 0) is 42.5 Å². The van der Waals surface area contributed by atoms with Crippen LogP contribution in [0.5, 0.6) is 11.5 Å². The fourth-order valence-electron chi connectivity index (χ4n) is 3.51. The van der Waals surface area contributed by atoms with Crippen molar-refractivity contribution in [2.75, 3.05) is 57.0 Å². The molecule has 1 amide bonds. The number of para-hydroxylation sites is 2. The van der Waals surface area contributed by atoms with Crippen LogP contribution in [0, 0.1) is 0 Å². The Labute approximate surface area is 214 Å². The van der Waals surface area contributed by atoms with Crippen LogP contribution in [0.15, 0.2) is 67.0 Å². The zero-order chi connectivity index (χ0) is 26.0. The standard InChI is InChI=1S/C27H29N5O5/c1-34-11-13-36-24-15-20-23(16-25(24)37-14-12-35-2)29-17-30-26(20)31-19-9-7-18(8-10-19)27(33)32-22-6-4-3-5-21(22)28/h3-10,15-17H,11-14,28H2,1-2H3,(H,32,33)(H,29,30,31). The molecule has 1 heterocycles. The Kier molecular flexibility index (Phi) is 8.69. The molecule has 10 nitrogen and oxygen atoms in total. The number of nitrogens with two attached hydrogens (primary N) is 1. The van der Waals surface area contributed by atoms with Gasteiger partial charge in [0.15, 0.2) is 11.5 Å². The van der Waals surface area contributed by atoms with Crippen molar-refractivity contribution in [1.29, 1.82) is 0 Å². The first-order valence-corrected chi connectivity index (χ1v) is 11.6. The summed E-state index contributed by atoms with van der Waals surface area (Å²) >= 11 is 0. The minimum absolute atomic E-state index is 0.254. The Morgan fingerprint density at radius 3 is 2.22 bits per heavy atom. The van der Waals surface area contributed by atoms with E-state index >= 15 is 0 Å². The first kappa shape index (κ1) is 25.7. The van der Waals surface area contributed by atoms with Crippen molar-refractivity contribution in [2.45, 2.75) is 0 Å². The normalized spacial score (nSPS) is 10.8. The number of carbonyl (C=O) groups excluding carboxylic acids is 1. The molecule has 4 aromatic rings. The molecule has 192 valence electrons. The average molecular weight is 504 g/mol. The molecule has 0 aliphatic rings. The molecule has 0 unspecified atom stereocenters. The van der Waals surface area contributed by atoms with Gasteiger partial charge in [0.1, 0.15) is 25.4 Å². The number of nitrogens with one attached hydrogen (secondary N) is 2. The molecular weight excluding hydrogens is 474 g/mol. The molecule has 4 rings (SSSR count). The number of carbonyl (C=O) groups is 1. The van der Waals surface area contributed by atoms with E-state index in [0.29, 0.717) is 66.2 Å². The van der Waals surface area contributed by atoms with Crippen molar-refractivity contribution in [3.05, 3.63) is 72.6 Å². The number of rotatable bonds is 12. The molecule has 0 spiro atoms. The predicted molar refractivity (Wildman–Crippen MR) is 143 cm³/mol. The third-order valence-electron chi connectivity index (χ3n) is 5.41. The van der Waals surface area contributed by atoms with Gasteiger partial charge in [-0.25, -0.2) is 9.97 Å². The smallest absolute Gasteiger partial charge is 0.255 e. The maximum atomic E-state index is 12.6. The van der Waals surface area contributed by atoms with Gasteiger partial charge in [0.25, 0.3) is 5.91 Å². The number of nitrogens with zero attached hydrogens (tertiary/aromatic N) is 2. The molecule has 0 fully saturated rings. The van der Waals surface area contributed by atoms with E-state index in [1.807, 2.05) is 24.3 Å². The molecule has 3 aromatic carbocycles. The maximum absolute atomic E-state index is 12.6. The molecule has 1 aromatic heterocycles. The maximum Gasteiger partial charge on any atom is 0.255 e. The number of hydrogen-bond acceptors (Lipinski definition) is 9. The number of methoxy groups -OCH3 is 2. The molecule has 4 N–H and O–H groups in total. The summed E-state index contributed by atoms with van der Waals surface area (Å²) in [4.78, 5) is 21.4. The van der Waals surface area contributed by atoms with Crippen LogP contribution in [0.25, 0.3) is 10.9 Å². The highest BCUT2D eigenvalue weighted by Gasteiger charge is 2.14. The molecule has 0 saturated carbocycles. The third-order valence-corrected chi connectivity index (χ3v) is 5.41. The van der Waals surface area contributed by atoms with E-state index in [1.54, 1.807) is 50.6 Å². The molecule has 0 radical (unpaired) electrons. The lowest BCUT2D eigenvalue weighted by Crippen LogP contribution is -2.13. The largest absolute Gasteiger partial charge is 0.487 e. The summed E-state index contributed by atoms with van der Waals surface area (Å²) in [6.07, 6.45) is 1.47. The lowest BCUT2D eigenvalue weighted by atomic mass is 10.1. The fourth-order valence-corrected chi connectivity index (χ4v) is 3.51.